The molecule has 35 heavy (non-hydrogen) atoms. The van der Waals surface area contributed by atoms with Crippen LogP contribution in [0.1, 0.15) is 51.2 Å². The van der Waals surface area contributed by atoms with Crippen LogP contribution in [0, 0.1) is 0 Å². The maximum absolute atomic E-state index is 13.4. The standard InChI is InChI=1S/C27H31N3O5/c1-7-35-19-10-8-9-18(13-19)30-25(32)21(24(31)28-26(30)33)12-17-11-20-16(2)15-27(3,4)29(5)22(20)14-23(17)34-6/h8-14,16H,7,15H2,1-6H3,(H,28,31,33)/b21-12-. The molecule has 184 valence electrons. The average Bonchev–Trinajstić information content (AvgIpc) is 2.80. The first-order valence-corrected chi connectivity index (χ1v) is 11.7. The topological polar surface area (TPSA) is 88.2 Å². The third-order valence-corrected chi connectivity index (χ3v) is 6.77. The van der Waals surface area contributed by atoms with Gasteiger partial charge in [0.05, 0.1) is 19.4 Å². The molecule has 2 aliphatic rings. The SMILES string of the molecule is CCOc1cccc(N2C(=O)NC(=O)/C(=C/c3cc4c(cc3OC)N(C)C(C)(C)CC4C)C2=O)c1. The fraction of sp³-hybridized carbons (Fsp3) is 0.370. The number of barbiturate groups is 1. The molecule has 0 aliphatic carbocycles. The number of ether oxygens (including phenoxy) is 2. The number of methoxy groups -OCH3 is 1. The van der Waals surface area contributed by atoms with E-state index in [0.717, 1.165) is 22.6 Å². The molecule has 0 spiro atoms. The lowest BCUT2D eigenvalue weighted by molar-refractivity contribution is -0.122. The normalized spacial score (nSPS) is 20.6. The zero-order valence-electron chi connectivity index (χ0n) is 21.0. The first-order chi connectivity index (χ1) is 16.6. The van der Waals surface area contributed by atoms with Gasteiger partial charge in [-0.15, -0.1) is 0 Å². The molecule has 2 aliphatic heterocycles. The smallest absolute Gasteiger partial charge is 0.335 e. The van der Waals surface area contributed by atoms with Crippen molar-refractivity contribution in [3.63, 3.8) is 0 Å². The van der Waals surface area contributed by atoms with Crippen LogP contribution < -0.4 is 24.6 Å². The number of carbonyl (C=O) groups excluding carboxylic acids is 3. The number of carbonyl (C=O) groups is 3. The van der Waals surface area contributed by atoms with Crippen LogP contribution in [0.5, 0.6) is 11.5 Å². The molecule has 0 saturated carbocycles. The van der Waals surface area contributed by atoms with Gasteiger partial charge in [0.15, 0.2) is 0 Å². The Morgan fingerprint density at radius 2 is 1.91 bits per heavy atom. The molecule has 1 unspecified atom stereocenters. The van der Waals surface area contributed by atoms with E-state index >= 15 is 0 Å². The number of benzene rings is 2. The van der Waals surface area contributed by atoms with E-state index in [0.29, 0.717) is 29.4 Å². The van der Waals surface area contributed by atoms with E-state index in [1.54, 1.807) is 31.4 Å². The quantitative estimate of drug-likeness (QED) is 0.505. The van der Waals surface area contributed by atoms with Crippen molar-refractivity contribution in [3.8, 4) is 11.5 Å². The van der Waals surface area contributed by atoms with Gasteiger partial charge in [0.25, 0.3) is 11.8 Å². The van der Waals surface area contributed by atoms with Crippen molar-refractivity contribution in [1.29, 1.82) is 0 Å². The van der Waals surface area contributed by atoms with Gasteiger partial charge >= 0.3 is 6.03 Å². The molecule has 0 aromatic heterocycles. The van der Waals surface area contributed by atoms with Gasteiger partial charge in [0, 0.05) is 36.0 Å². The maximum Gasteiger partial charge on any atom is 0.335 e. The van der Waals surface area contributed by atoms with Gasteiger partial charge in [0.1, 0.15) is 17.1 Å². The second kappa shape index (κ2) is 9.09. The number of nitrogens with zero attached hydrogens (tertiary/aromatic N) is 2. The van der Waals surface area contributed by atoms with Crippen molar-refractivity contribution >= 4 is 35.3 Å². The predicted molar refractivity (Wildman–Crippen MR) is 135 cm³/mol. The van der Waals surface area contributed by atoms with Gasteiger partial charge < -0.3 is 14.4 Å². The third kappa shape index (κ3) is 4.36. The molecular formula is C27H31N3O5. The third-order valence-electron chi connectivity index (χ3n) is 6.77. The second-order valence-corrected chi connectivity index (χ2v) is 9.52. The molecule has 8 heteroatoms. The first-order valence-electron chi connectivity index (χ1n) is 11.7. The van der Waals surface area contributed by atoms with E-state index < -0.39 is 17.8 Å². The largest absolute Gasteiger partial charge is 0.496 e. The summed E-state index contributed by atoms with van der Waals surface area (Å²) in [6.07, 6.45) is 2.45. The summed E-state index contributed by atoms with van der Waals surface area (Å²) < 4.78 is 11.1. The molecule has 2 aromatic carbocycles. The van der Waals surface area contributed by atoms with Crippen LogP contribution >= 0.6 is 0 Å². The van der Waals surface area contributed by atoms with Crippen molar-refractivity contribution in [2.75, 3.05) is 30.6 Å². The summed E-state index contributed by atoms with van der Waals surface area (Å²) in [6, 6.07) is 9.73. The van der Waals surface area contributed by atoms with E-state index in [1.807, 2.05) is 19.1 Å². The Balaban J connectivity index is 1.78. The summed E-state index contributed by atoms with van der Waals surface area (Å²) >= 11 is 0. The highest BCUT2D eigenvalue weighted by atomic mass is 16.5. The second-order valence-electron chi connectivity index (χ2n) is 9.52. The highest BCUT2D eigenvalue weighted by molar-refractivity contribution is 6.39. The number of amides is 4. The lowest BCUT2D eigenvalue weighted by atomic mass is 9.79. The summed E-state index contributed by atoms with van der Waals surface area (Å²) in [7, 11) is 3.61. The van der Waals surface area contributed by atoms with Crippen LogP contribution in [0.15, 0.2) is 42.0 Å². The summed E-state index contributed by atoms with van der Waals surface area (Å²) in [5.41, 5.74) is 2.90. The van der Waals surface area contributed by atoms with Crippen LogP contribution in [0.3, 0.4) is 0 Å². The number of rotatable bonds is 5. The van der Waals surface area contributed by atoms with E-state index in [4.69, 9.17) is 9.47 Å². The molecule has 0 bridgehead atoms. The predicted octanol–water partition coefficient (Wildman–Crippen LogP) is 4.48. The Bertz CT molecular complexity index is 1230. The van der Waals surface area contributed by atoms with Crippen LogP contribution in [0.2, 0.25) is 0 Å². The van der Waals surface area contributed by atoms with Crippen molar-refractivity contribution < 1.29 is 23.9 Å². The molecule has 2 aromatic rings. The van der Waals surface area contributed by atoms with E-state index in [2.05, 4.69) is 38.0 Å². The summed E-state index contributed by atoms with van der Waals surface area (Å²) in [5.74, 6) is -0.128. The lowest BCUT2D eigenvalue weighted by Crippen LogP contribution is -2.54. The van der Waals surface area contributed by atoms with Gasteiger partial charge in [-0.2, -0.15) is 0 Å². The number of anilines is 2. The minimum Gasteiger partial charge on any atom is -0.496 e. The Morgan fingerprint density at radius 1 is 1.17 bits per heavy atom. The molecule has 8 nitrogen and oxygen atoms in total. The van der Waals surface area contributed by atoms with E-state index in [1.165, 1.54) is 6.08 Å². The Kier molecular flexibility index (Phi) is 6.32. The molecule has 1 atom stereocenters. The Labute approximate surface area is 205 Å². The molecule has 1 saturated heterocycles. The van der Waals surface area contributed by atoms with Crippen molar-refractivity contribution in [2.24, 2.45) is 0 Å². The van der Waals surface area contributed by atoms with Crippen molar-refractivity contribution in [3.05, 3.63) is 53.1 Å². The first kappa shape index (κ1) is 24.3. The summed E-state index contributed by atoms with van der Waals surface area (Å²) in [4.78, 5) is 41.9. The number of imide groups is 2. The number of fused-ring (bicyclic) bond motifs is 1. The Hall–Kier alpha value is -3.81. The van der Waals surface area contributed by atoms with Crippen LogP contribution in [-0.4, -0.2) is 44.1 Å². The van der Waals surface area contributed by atoms with Gasteiger partial charge in [-0.25, -0.2) is 9.69 Å². The zero-order valence-corrected chi connectivity index (χ0v) is 21.0. The summed E-state index contributed by atoms with van der Waals surface area (Å²) in [5, 5.41) is 2.28. The highest BCUT2D eigenvalue weighted by Gasteiger charge is 2.38. The van der Waals surface area contributed by atoms with Crippen LogP contribution in [0.4, 0.5) is 16.2 Å². The number of hydrogen-bond donors (Lipinski definition) is 1. The van der Waals surface area contributed by atoms with Crippen LogP contribution in [-0.2, 0) is 9.59 Å². The molecule has 4 amide bonds. The highest BCUT2D eigenvalue weighted by Crippen LogP contribution is 2.45. The average molecular weight is 478 g/mol. The molecular weight excluding hydrogens is 446 g/mol. The monoisotopic (exact) mass is 477 g/mol. The number of hydrogen-bond acceptors (Lipinski definition) is 6. The minimum atomic E-state index is -0.805. The van der Waals surface area contributed by atoms with Gasteiger partial charge in [-0.1, -0.05) is 13.0 Å². The summed E-state index contributed by atoms with van der Waals surface area (Å²) in [6.45, 7) is 8.85. The Morgan fingerprint density at radius 3 is 2.60 bits per heavy atom. The van der Waals surface area contributed by atoms with Crippen molar-refractivity contribution in [1.82, 2.24) is 5.32 Å². The minimum absolute atomic E-state index is 0.0203. The number of urea groups is 1. The zero-order chi connectivity index (χ0) is 25.5. The molecule has 1 N–H and O–H groups in total. The van der Waals surface area contributed by atoms with Crippen molar-refractivity contribution in [2.45, 2.75) is 45.6 Å². The molecule has 0 radical (unpaired) electrons. The van der Waals surface area contributed by atoms with Gasteiger partial charge in [0.2, 0.25) is 0 Å². The van der Waals surface area contributed by atoms with Crippen LogP contribution in [0.25, 0.3) is 6.08 Å². The van der Waals surface area contributed by atoms with Gasteiger partial charge in [-0.3, -0.25) is 14.9 Å². The van der Waals surface area contributed by atoms with E-state index in [-0.39, 0.29) is 17.0 Å². The molecule has 2 heterocycles. The van der Waals surface area contributed by atoms with Gasteiger partial charge in [-0.05, 0) is 62.9 Å². The van der Waals surface area contributed by atoms with E-state index in [9.17, 15) is 14.4 Å². The fourth-order valence-corrected chi connectivity index (χ4v) is 4.83. The lowest BCUT2D eigenvalue weighted by Gasteiger charge is -2.45. The number of nitrogens with one attached hydrogen (secondary N) is 1. The molecule has 4 rings (SSSR count). The maximum atomic E-state index is 13.4. The fourth-order valence-electron chi connectivity index (χ4n) is 4.83. The molecule has 1 fully saturated rings.